The van der Waals surface area contributed by atoms with Crippen molar-refractivity contribution in [3.8, 4) is 0 Å². The number of hydrogen-bond acceptors (Lipinski definition) is 3. The maximum atomic E-state index is 10.00. The average molecular weight is 203 g/mol. The van der Waals surface area contributed by atoms with Gasteiger partial charge in [0.2, 0.25) is 0 Å². The molecule has 0 radical (unpaired) electrons. The molecular formula is C11H25NO2. The van der Waals surface area contributed by atoms with Gasteiger partial charge in [-0.05, 0) is 33.9 Å². The summed E-state index contributed by atoms with van der Waals surface area (Å²) in [7, 11) is 3.99. The normalized spacial score (nSPS) is 18.2. The highest BCUT2D eigenvalue weighted by Crippen LogP contribution is 2.21. The Balaban J connectivity index is 4.10. The Morgan fingerprint density at radius 3 is 2.29 bits per heavy atom. The van der Waals surface area contributed by atoms with Crippen LogP contribution in [0.3, 0.4) is 0 Å². The van der Waals surface area contributed by atoms with E-state index in [1.54, 1.807) is 0 Å². The average Bonchev–Trinajstić information content (AvgIpc) is 2.16. The molecule has 0 aromatic carbocycles. The molecule has 0 spiro atoms. The summed E-state index contributed by atoms with van der Waals surface area (Å²) in [4.78, 5) is 2.06. The van der Waals surface area contributed by atoms with Crippen LogP contribution in [0.4, 0.5) is 0 Å². The molecule has 0 aliphatic carbocycles. The molecule has 3 heteroatoms. The first-order chi connectivity index (χ1) is 6.49. The summed E-state index contributed by atoms with van der Waals surface area (Å²) in [5.74, 6) is 0. The number of rotatable bonds is 7. The first-order valence-electron chi connectivity index (χ1n) is 5.42. The Kier molecular flexibility index (Phi) is 6.33. The predicted octanol–water partition coefficient (Wildman–Crippen LogP) is 1.50. The highest BCUT2D eigenvalue weighted by Gasteiger charge is 2.33. The van der Waals surface area contributed by atoms with Crippen molar-refractivity contribution in [1.29, 1.82) is 0 Å². The second-order valence-corrected chi connectivity index (χ2v) is 4.20. The lowest BCUT2D eigenvalue weighted by atomic mass is 9.91. The lowest BCUT2D eigenvalue weighted by Gasteiger charge is -2.39. The monoisotopic (exact) mass is 203 g/mol. The fourth-order valence-corrected chi connectivity index (χ4v) is 1.37. The standard InChI is InChI=1S/C11H25NO2/c1-6-8-14-9-10(13)11(3,7-2)12(4)5/h10,13H,6-9H2,1-5H3. The predicted molar refractivity (Wildman–Crippen MR) is 59.5 cm³/mol. The fraction of sp³-hybridized carbons (Fsp3) is 1.00. The van der Waals surface area contributed by atoms with Crippen LogP contribution >= 0.6 is 0 Å². The lowest BCUT2D eigenvalue weighted by molar-refractivity contribution is -0.0510. The molecule has 0 aromatic rings. The van der Waals surface area contributed by atoms with Crippen LogP contribution in [0.15, 0.2) is 0 Å². The number of likely N-dealkylation sites (N-methyl/N-ethyl adjacent to an activating group) is 1. The summed E-state index contributed by atoms with van der Waals surface area (Å²) in [6.45, 7) is 7.37. The van der Waals surface area contributed by atoms with Crippen LogP contribution < -0.4 is 0 Å². The van der Waals surface area contributed by atoms with E-state index in [4.69, 9.17) is 4.74 Å². The summed E-state index contributed by atoms with van der Waals surface area (Å²) in [5, 5.41) is 10.00. The van der Waals surface area contributed by atoms with Crippen molar-refractivity contribution < 1.29 is 9.84 Å². The van der Waals surface area contributed by atoms with Crippen LogP contribution in [0.25, 0.3) is 0 Å². The molecule has 0 saturated carbocycles. The summed E-state index contributed by atoms with van der Waals surface area (Å²) in [6, 6.07) is 0. The molecule has 0 rings (SSSR count). The third-order valence-corrected chi connectivity index (χ3v) is 3.08. The van der Waals surface area contributed by atoms with Gasteiger partial charge in [0.1, 0.15) is 0 Å². The molecule has 3 nitrogen and oxygen atoms in total. The number of aliphatic hydroxyl groups is 1. The molecule has 0 saturated heterocycles. The Morgan fingerprint density at radius 1 is 1.36 bits per heavy atom. The largest absolute Gasteiger partial charge is 0.389 e. The zero-order valence-corrected chi connectivity index (χ0v) is 10.2. The van der Waals surface area contributed by atoms with E-state index >= 15 is 0 Å². The van der Waals surface area contributed by atoms with Crippen molar-refractivity contribution in [1.82, 2.24) is 4.90 Å². The van der Waals surface area contributed by atoms with E-state index in [0.29, 0.717) is 6.61 Å². The number of hydrogen-bond donors (Lipinski definition) is 1. The SMILES string of the molecule is CCCOCC(O)C(C)(CC)N(C)C. The van der Waals surface area contributed by atoms with Gasteiger partial charge >= 0.3 is 0 Å². The second-order valence-electron chi connectivity index (χ2n) is 4.20. The first kappa shape index (κ1) is 13.9. The van der Waals surface area contributed by atoms with Crippen molar-refractivity contribution in [3.05, 3.63) is 0 Å². The zero-order chi connectivity index (χ0) is 11.2. The van der Waals surface area contributed by atoms with Gasteiger partial charge in [-0.3, -0.25) is 0 Å². The van der Waals surface area contributed by atoms with E-state index in [-0.39, 0.29) is 5.54 Å². The Morgan fingerprint density at radius 2 is 1.93 bits per heavy atom. The third-order valence-electron chi connectivity index (χ3n) is 3.08. The van der Waals surface area contributed by atoms with E-state index in [1.807, 2.05) is 14.1 Å². The molecule has 0 aliphatic rings. The molecule has 0 amide bonds. The van der Waals surface area contributed by atoms with Crippen LogP contribution in [0.5, 0.6) is 0 Å². The maximum absolute atomic E-state index is 10.00. The molecule has 2 unspecified atom stereocenters. The van der Waals surface area contributed by atoms with Crippen molar-refractivity contribution in [2.24, 2.45) is 0 Å². The minimum Gasteiger partial charge on any atom is -0.389 e. The van der Waals surface area contributed by atoms with E-state index < -0.39 is 6.10 Å². The van der Waals surface area contributed by atoms with Gasteiger partial charge < -0.3 is 14.7 Å². The zero-order valence-electron chi connectivity index (χ0n) is 10.2. The highest BCUT2D eigenvalue weighted by molar-refractivity contribution is 4.88. The van der Waals surface area contributed by atoms with Crippen LogP contribution in [-0.4, -0.2) is 49.0 Å². The molecule has 0 aromatic heterocycles. The molecule has 0 heterocycles. The van der Waals surface area contributed by atoms with Crippen LogP contribution in [0.1, 0.15) is 33.6 Å². The van der Waals surface area contributed by atoms with Gasteiger partial charge in [0.25, 0.3) is 0 Å². The molecule has 2 atom stereocenters. The van der Waals surface area contributed by atoms with Gasteiger partial charge in [-0.1, -0.05) is 13.8 Å². The Bertz CT molecular complexity index is 150. The van der Waals surface area contributed by atoms with Crippen molar-refractivity contribution in [2.45, 2.75) is 45.3 Å². The van der Waals surface area contributed by atoms with E-state index in [0.717, 1.165) is 19.4 Å². The van der Waals surface area contributed by atoms with Crippen molar-refractivity contribution in [3.63, 3.8) is 0 Å². The molecule has 86 valence electrons. The van der Waals surface area contributed by atoms with Gasteiger partial charge in [0, 0.05) is 12.1 Å². The summed E-state index contributed by atoms with van der Waals surface area (Å²) < 4.78 is 5.37. The summed E-state index contributed by atoms with van der Waals surface area (Å²) in [6.07, 6.45) is 1.49. The molecule has 0 bridgehead atoms. The first-order valence-corrected chi connectivity index (χ1v) is 5.42. The van der Waals surface area contributed by atoms with E-state index in [1.165, 1.54) is 0 Å². The molecule has 0 aliphatic heterocycles. The lowest BCUT2D eigenvalue weighted by Crippen LogP contribution is -2.52. The Labute approximate surface area is 88.1 Å². The van der Waals surface area contributed by atoms with Gasteiger partial charge in [0.05, 0.1) is 12.7 Å². The third kappa shape index (κ3) is 3.56. The highest BCUT2D eigenvalue weighted by atomic mass is 16.5. The minimum atomic E-state index is -0.422. The molecule has 14 heavy (non-hydrogen) atoms. The minimum absolute atomic E-state index is 0.187. The van der Waals surface area contributed by atoms with Gasteiger partial charge in [0.15, 0.2) is 0 Å². The van der Waals surface area contributed by atoms with Gasteiger partial charge in [-0.15, -0.1) is 0 Å². The van der Waals surface area contributed by atoms with Gasteiger partial charge in [-0.25, -0.2) is 0 Å². The Hall–Kier alpha value is -0.120. The number of ether oxygens (including phenoxy) is 1. The molecular weight excluding hydrogens is 178 g/mol. The van der Waals surface area contributed by atoms with E-state index in [9.17, 15) is 5.11 Å². The number of nitrogens with zero attached hydrogens (tertiary/aromatic N) is 1. The smallest absolute Gasteiger partial charge is 0.0953 e. The summed E-state index contributed by atoms with van der Waals surface area (Å²) in [5.41, 5.74) is -0.187. The fourth-order valence-electron chi connectivity index (χ4n) is 1.37. The summed E-state index contributed by atoms with van der Waals surface area (Å²) >= 11 is 0. The van der Waals surface area contributed by atoms with Crippen LogP contribution in [0.2, 0.25) is 0 Å². The quantitative estimate of drug-likeness (QED) is 0.637. The maximum Gasteiger partial charge on any atom is 0.0953 e. The van der Waals surface area contributed by atoms with Gasteiger partial charge in [-0.2, -0.15) is 0 Å². The van der Waals surface area contributed by atoms with E-state index in [2.05, 4.69) is 25.7 Å². The second kappa shape index (κ2) is 6.38. The van der Waals surface area contributed by atoms with Crippen molar-refractivity contribution >= 4 is 0 Å². The number of aliphatic hydroxyl groups excluding tert-OH is 1. The van der Waals surface area contributed by atoms with Crippen molar-refractivity contribution in [2.75, 3.05) is 27.3 Å². The molecule has 0 fully saturated rings. The topological polar surface area (TPSA) is 32.7 Å². The van der Waals surface area contributed by atoms with Crippen LogP contribution in [0, 0.1) is 0 Å². The van der Waals surface area contributed by atoms with Crippen LogP contribution in [-0.2, 0) is 4.74 Å². The molecule has 1 N–H and O–H groups in total.